The van der Waals surface area contributed by atoms with Crippen molar-refractivity contribution in [2.24, 2.45) is 17.6 Å². The molecule has 0 spiro atoms. The van der Waals surface area contributed by atoms with E-state index in [9.17, 15) is 19.5 Å². The van der Waals surface area contributed by atoms with Gasteiger partial charge in [-0.25, -0.2) is 0 Å². The van der Waals surface area contributed by atoms with Crippen LogP contribution in [-0.2, 0) is 23.9 Å². The summed E-state index contributed by atoms with van der Waals surface area (Å²) in [6.45, 7) is 9.41. The second-order valence-electron chi connectivity index (χ2n) is 6.73. The number of rotatable bonds is 5. The van der Waals surface area contributed by atoms with Crippen LogP contribution in [0.15, 0.2) is 0 Å². The molecule has 0 fully saturated rings. The Labute approximate surface area is 124 Å². The highest BCUT2D eigenvalue weighted by Gasteiger charge is 2.43. The third-order valence-electron chi connectivity index (χ3n) is 2.29. The number of hydrogen-bond acceptors (Lipinski definition) is 6. The van der Waals surface area contributed by atoms with E-state index in [-0.39, 0.29) is 6.54 Å². The minimum atomic E-state index is -1.69. The SMILES string of the molecule is CC(C)(C)OC(=O)C(CN)C(C(=O)O)C(=O)OC(C)(C)C. The van der Waals surface area contributed by atoms with Crippen molar-refractivity contribution in [1.82, 2.24) is 0 Å². The van der Waals surface area contributed by atoms with Crippen LogP contribution in [0.25, 0.3) is 0 Å². The van der Waals surface area contributed by atoms with E-state index in [1.54, 1.807) is 41.5 Å². The first-order valence-electron chi connectivity index (χ1n) is 6.67. The minimum absolute atomic E-state index is 0.328. The Kier molecular flexibility index (Phi) is 6.35. The molecule has 7 nitrogen and oxygen atoms in total. The zero-order chi connectivity index (χ0) is 17.0. The molecule has 0 heterocycles. The van der Waals surface area contributed by atoms with Crippen LogP contribution >= 0.6 is 0 Å². The van der Waals surface area contributed by atoms with E-state index in [0.29, 0.717) is 0 Å². The van der Waals surface area contributed by atoms with Gasteiger partial charge in [0.25, 0.3) is 0 Å². The summed E-state index contributed by atoms with van der Waals surface area (Å²) in [5.41, 5.74) is 3.79. The molecule has 0 radical (unpaired) electrons. The van der Waals surface area contributed by atoms with Gasteiger partial charge in [-0.15, -0.1) is 0 Å². The van der Waals surface area contributed by atoms with Crippen molar-refractivity contribution in [3.05, 3.63) is 0 Å². The standard InChI is InChI=1S/C14H25NO6/c1-13(2,3)20-11(18)8(7-15)9(10(16)17)12(19)21-14(4,5)6/h8-9H,7,15H2,1-6H3,(H,16,17). The topological polar surface area (TPSA) is 116 Å². The van der Waals surface area contributed by atoms with Gasteiger partial charge in [0.05, 0.1) is 5.92 Å². The summed E-state index contributed by atoms with van der Waals surface area (Å²) >= 11 is 0. The number of carboxylic acid groups (broad SMARTS) is 1. The number of carbonyl (C=O) groups excluding carboxylic acids is 2. The second kappa shape index (κ2) is 6.89. The van der Waals surface area contributed by atoms with E-state index in [0.717, 1.165) is 0 Å². The summed E-state index contributed by atoms with van der Waals surface area (Å²) < 4.78 is 10.2. The minimum Gasteiger partial charge on any atom is -0.481 e. The maximum absolute atomic E-state index is 12.0. The Bertz CT molecular complexity index is 405. The third-order valence-corrected chi connectivity index (χ3v) is 2.29. The van der Waals surface area contributed by atoms with Gasteiger partial charge < -0.3 is 20.3 Å². The van der Waals surface area contributed by atoms with Gasteiger partial charge in [-0.1, -0.05) is 0 Å². The molecular formula is C14H25NO6. The number of aliphatic carboxylic acids is 1. The van der Waals surface area contributed by atoms with E-state index in [1.165, 1.54) is 0 Å². The highest BCUT2D eigenvalue weighted by Crippen LogP contribution is 2.21. The van der Waals surface area contributed by atoms with Crippen LogP contribution in [0.1, 0.15) is 41.5 Å². The molecule has 0 saturated heterocycles. The van der Waals surface area contributed by atoms with Gasteiger partial charge in [0.2, 0.25) is 0 Å². The van der Waals surface area contributed by atoms with Gasteiger partial charge in [-0.2, -0.15) is 0 Å². The monoisotopic (exact) mass is 303 g/mol. The highest BCUT2D eigenvalue weighted by molar-refractivity contribution is 5.98. The first-order valence-corrected chi connectivity index (χ1v) is 6.67. The Morgan fingerprint density at radius 3 is 1.62 bits per heavy atom. The molecule has 0 aliphatic heterocycles. The van der Waals surface area contributed by atoms with Gasteiger partial charge in [-0.05, 0) is 41.5 Å². The van der Waals surface area contributed by atoms with E-state index in [4.69, 9.17) is 15.2 Å². The molecule has 0 saturated carbocycles. The molecule has 0 amide bonds. The first-order chi connectivity index (χ1) is 9.28. The predicted molar refractivity (Wildman–Crippen MR) is 75.4 cm³/mol. The summed E-state index contributed by atoms with van der Waals surface area (Å²) in [7, 11) is 0. The maximum atomic E-state index is 12.0. The van der Waals surface area contributed by atoms with Crippen molar-refractivity contribution in [2.45, 2.75) is 52.7 Å². The number of nitrogens with two attached hydrogens (primary N) is 1. The average molecular weight is 303 g/mol. The van der Waals surface area contributed by atoms with E-state index >= 15 is 0 Å². The summed E-state index contributed by atoms with van der Waals surface area (Å²) in [6, 6.07) is 0. The number of esters is 2. The quantitative estimate of drug-likeness (QED) is 0.573. The van der Waals surface area contributed by atoms with Crippen molar-refractivity contribution in [2.75, 3.05) is 6.54 Å². The van der Waals surface area contributed by atoms with Gasteiger partial charge >= 0.3 is 17.9 Å². The Morgan fingerprint density at radius 1 is 0.952 bits per heavy atom. The molecule has 3 N–H and O–H groups in total. The lowest BCUT2D eigenvalue weighted by molar-refractivity contribution is -0.178. The van der Waals surface area contributed by atoms with Crippen LogP contribution in [0.3, 0.4) is 0 Å². The molecule has 21 heavy (non-hydrogen) atoms. The van der Waals surface area contributed by atoms with Crippen molar-refractivity contribution in [3.63, 3.8) is 0 Å². The van der Waals surface area contributed by atoms with E-state index in [1.807, 2.05) is 0 Å². The summed E-state index contributed by atoms with van der Waals surface area (Å²) in [5.74, 6) is -6.29. The van der Waals surface area contributed by atoms with Crippen molar-refractivity contribution in [3.8, 4) is 0 Å². The van der Waals surface area contributed by atoms with Crippen LogP contribution in [-0.4, -0.2) is 40.8 Å². The van der Waals surface area contributed by atoms with Gasteiger partial charge in [-0.3, -0.25) is 14.4 Å². The zero-order valence-corrected chi connectivity index (χ0v) is 13.4. The second-order valence-corrected chi connectivity index (χ2v) is 6.73. The Balaban J connectivity index is 5.27. The lowest BCUT2D eigenvalue weighted by Gasteiger charge is -2.27. The van der Waals surface area contributed by atoms with E-state index < -0.39 is 40.9 Å². The molecule has 0 aromatic rings. The molecule has 0 bridgehead atoms. The van der Waals surface area contributed by atoms with Crippen LogP contribution in [0, 0.1) is 11.8 Å². The van der Waals surface area contributed by atoms with Crippen LogP contribution in [0.2, 0.25) is 0 Å². The van der Waals surface area contributed by atoms with Gasteiger partial charge in [0.1, 0.15) is 11.2 Å². The number of carbonyl (C=O) groups is 3. The summed E-state index contributed by atoms with van der Waals surface area (Å²) in [6.07, 6.45) is 0. The molecule has 122 valence electrons. The third kappa shape index (κ3) is 7.08. The predicted octanol–water partition coefficient (Wildman–Crippen LogP) is 0.946. The fraction of sp³-hybridized carbons (Fsp3) is 0.786. The molecule has 0 aromatic heterocycles. The normalized spacial score (nSPS) is 15.0. The largest absolute Gasteiger partial charge is 0.481 e. The molecule has 0 aliphatic rings. The fourth-order valence-electron chi connectivity index (χ4n) is 1.55. The number of hydrogen-bond donors (Lipinski definition) is 2. The molecule has 2 atom stereocenters. The molecular weight excluding hydrogens is 278 g/mol. The molecule has 0 rings (SSSR count). The lowest BCUT2D eigenvalue weighted by Crippen LogP contribution is -2.45. The van der Waals surface area contributed by atoms with Gasteiger partial charge in [0, 0.05) is 6.54 Å². The highest BCUT2D eigenvalue weighted by atomic mass is 16.6. The number of carboxylic acids is 1. The number of ether oxygens (including phenoxy) is 2. The smallest absolute Gasteiger partial charge is 0.321 e. The fourth-order valence-corrected chi connectivity index (χ4v) is 1.55. The summed E-state index contributed by atoms with van der Waals surface area (Å²) in [4.78, 5) is 35.4. The molecule has 2 unspecified atom stereocenters. The molecule has 7 heteroatoms. The zero-order valence-electron chi connectivity index (χ0n) is 13.4. The maximum Gasteiger partial charge on any atom is 0.321 e. The van der Waals surface area contributed by atoms with Crippen LogP contribution in [0.4, 0.5) is 0 Å². The lowest BCUT2D eigenvalue weighted by atomic mass is 9.92. The summed E-state index contributed by atoms with van der Waals surface area (Å²) in [5, 5.41) is 9.23. The van der Waals surface area contributed by atoms with Crippen molar-refractivity contribution in [1.29, 1.82) is 0 Å². The first kappa shape index (κ1) is 19.4. The van der Waals surface area contributed by atoms with E-state index in [2.05, 4.69) is 0 Å². The molecule has 0 aromatic carbocycles. The van der Waals surface area contributed by atoms with Crippen molar-refractivity contribution >= 4 is 17.9 Å². The van der Waals surface area contributed by atoms with Crippen LogP contribution in [0.5, 0.6) is 0 Å². The Hall–Kier alpha value is -1.63. The average Bonchev–Trinajstić information content (AvgIpc) is 2.19. The van der Waals surface area contributed by atoms with Gasteiger partial charge in [0.15, 0.2) is 5.92 Å². The Morgan fingerprint density at radius 2 is 1.33 bits per heavy atom. The molecule has 0 aliphatic carbocycles. The van der Waals surface area contributed by atoms with Crippen LogP contribution < -0.4 is 5.73 Å². The van der Waals surface area contributed by atoms with Crippen molar-refractivity contribution < 1.29 is 29.0 Å².